The van der Waals surface area contributed by atoms with Gasteiger partial charge in [-0.15, -0.1) is 12.4 Å². The molecule has 9 rings (SSSR count). The second-order valence-corrected chi connectivity index (χ2v) is 40.7. The number of nitrogens with zero attached hydrogens (tertiary/aromatic N) is 2. The van der Waals surface area contributed by atoms with Crippen molar-refractivity contribution >= 4 is 56.0 Å². The summed E-state index contributed by atoms with van der Waals surface area (Å²) in [5.74, 6) is 0.345. The molecule has 0 saturated carbocycles. The number of ether oxygens (including phenoxy) is 1. The number of nitrogens with two attached hydrogens (primary N) is 1. The summed E-state index contributed by atoms with van der Waals surface area (Å²) < 4.78 is 5.59. The number of benzene rings is 9. The monoisotopic (exact) mass is 1680 g/mol. The first-order valence-electron chi connectivity index (χ1n) is 40.5. The molecule has 0 aliphatic carbocycles. The van der Waals surface area contributed by atoms with E-state index in [-0.39, 0.29) is 84.7 Å². The van der Waals surface area contributed by atoms with Gasteiger partial charge in [0.2, 0.25) is 0 Å². The van der Waals surface area contributed by atoms with Crippen molar-refractivity contribution in [1.29, 1.82) is 21.3 Å². The molecule has 0 spiro atoms. The average molecular weight is 1690 g/mol. The molecule has 9 heteroatoms. The largest absolute Gasteiger partial charge is 0.481 e. The third-order valence-corrected chi connectivity index (χ3v) is 21.8. The lowest BCUT2D eigenvalue weighted by atomic mass is 9.83. The lowest BCUT2D eigenvalue weighted by Crippen LogP contribution is -2.23. The Morgan fingerprint density at radius 3 is 0.728 bits per heavy atom. The van der Waals surface area contributed by atoms with Gasteiger partial charge < -0.3 is 10.5 Å². The molecule has 0 bridgehead atoms. The highest BCUT2D eigenvalue weighted by Gasteiger charge is 2.25. The zero-order chi connectivity index (χ0) is 85.3. The minimum atomic E-state index is -0.0977. The van der Waals surface area contributed by atoms with E-state index in [0.717, 1.165) is 52.2 Å². The molecular weight excluding hydrogens is 1540 g/mol. The number of alkyl halides is 2. The lowest BCUT2D eigenvalue weighted by molar-refractivity contribution is 0.307. The van der Waals surface area contributed by atoms with E-state index in [2.05, 4.69) is 437 Å². The highest BCUT2D eigenvalue weighted by atomic mass is 79.9. The molecular formula is C105H142Br2ClN5O. The minimum absolute atomic E-state index is 0. The third-order valence-electron chi connectivity index (χ3n) is 20.5. The maximum absolute atomic E-state index is 9.60. The molecule has 0 saturated heterocycles. The maximum atomic E-state index is 9.60. The van der Waals surface area contributed by atoms with E-state index in [4.69, 9.17) is 26.6 Å². The predicted molar refractivity (Wildman–Crippen MR) is 504 cm³/mol. The number of rotatable bonds is 15. The first-order valence-corrected chi connectivity index (χ1v) is 42.8. The maximum Gasteiger partial charge on any atom is 0.188 e. The molecule has 4 N–H and O–H groups in total. The van der Waals surface area contributed by atoms with Gasteiger partial charge in [-0.1, -0.05) is 437 Å². The molecule has 0 fully saturated rings. The fraction of sp³-hybridized carbons (Fsp3) is 0.448. The summed E-state index contributed by atoms with van der Waals surface area (Å²) in [6.07, 6.45) is 2.80. The molecule has 614 valence electrons. The van der Waals surface area contributed by atoms with Crippen molar-refractivity contribution in [3.8, 4) is 12.1 Å². The molecule has 114 heavy (non-hydrogen) atoms. The molecule has 0 aromatic heterocycles. The van der Waals surface area contributed by atoms with Gasteiger partial charge in [0.1, 0.15) is 0 Å². The van der Waals surface area contributed by atoms with Crippen LogP contribution >= 0.6 is 44.3 Å². The second kappa shape index (κ2) is 43.9. The lowest BCUT2D eigenvalue weighted by Gasteiger charge is -2.23. The number of hydrogen-bond donors (Lipinski definition) is 3. The van der Waals surface area contributed by atoms with Gasteiger partial charge in [0.25, 0.3) is 0 Å². The summed E-state index contributed by atoms with van der Waals surface area (Å²) >= 11 is 6.86. The van der Waals surface area contributed by atoms with Crippen LogP contribution in [-0.4, -0.2) is 18.3 Å². The normalized spacial score (nSPS) is 12.6. The fourth-order valence-corrected chi connectivity index (χ4v) is 13.2. The van der Waals surface area contributed by atoms with Crippen LogP contribution in [0.25, 0.3) is 0 Å². The van der Waals surface area contributed by atoms with Crippen molar-refractivity contribution in [2.75, 3.05) is 6.61 Å². The van der Waals surface area contributed by atoms with Crippen molar-refractivity contribution in [2.45, 2.75) is 297 Å². The SMILES string of the molecule is CC(C)(C)c1ccc(CBr)cc1.CC(C)(C)c1ccc(CBr)cc1.CC(C)(C)c1ccc(CC#N)cc1.CC(C)(C)c1ccc(CC(C#N)c2ccc(C(C)(C)C)cc2)cc1.CC(C)(C)c1ccc(CC(C(=N)N)c2ccc(C(C)(C)C)cc2)cc1.CCOC(=N)C(Cc1ccc(C(C)(C)C)cc1)c1ccc(C(C)(C)C)cc1.Cl. The van der Waals surface area contributed by atoms with Crippen LogP contribution in [0.3, 0.4) is 0 Å². The Kier molecular flexibility index (Phi) is 38.7. The molecule has 6 nitrogen and oxygen atoms in total. The highest BCUT2D eigenvalue weighted by Crippen LogP contribution is 2.34. The average Bonchev–Trinajstić information content (AvgIpc) is 0.898. The zero-order valence-corrected chi connectivity index (χ0v) is 79.0. The topological polar surface area (TPSA) is 131 Å². The fourth-order valence-electron chi connectivity index (χ4n) is 12.4. The van der Waals surface area contributed by atoms with Crippen LogP contribution < -0.4 is 5.73 Å². The van der Waals surface area contributed by atoms with Crippen LogP contribution in [0.15, 0.2) is 218 Å². The summed E-state index contributed by atoms with van der Waals surface area (Å²) in [6.45, 7) is 62.3. The highest BCUT2D eigenvalue weighted by molar-refractivity contribution is 9.08. The Morgan fingerprint density at radius 1 is 0.316 bits per heavy atom. The first kappa shape index (κ1) is 100. The van der Waals surface area contributed by atoms with Crippen LogP contribution in [-0.2, 0) is 89.8 Å². The summed E-state index contributed by atoms with van der Waals surface area (Å²) in [6, 6.07) is 82.4. The van der Waals surface area contributed by atoms with Crippen LogP contribution in [0.4, 0.5) is 0 Å². The van der Waals surface area contributed by atoms with E-state index < -0.39 is 0 Å². The molecule has 0 aliphatic heterocycles. The van der Waals surface area contributed by atoms with Crippen LogP contribution in [0.1, 0.15) is 312 Å². The zero-order valence-electron chi connectivity index (χ0n) is 75.0. The molecule has 9 aromatic rings. The molecule has 9 aromatic carbocycles. The molecule has 3 atom stereocenters. The van der Waals surface area contributed by atoms with Gasteiger partial charge in [-0.2, -0.15) is 10.5 Å². The summed E-state index contributed by atoms with van der Waals surface area (Å²) in [7, 11) is 0. The van der Waals surface area contributed by atoms with Crippen molar-refractivity contribution in [3.63, 3.8) is 0 Å². The molecule has 3 unspecified atom stereocenters. The van der Waals surface area contributed by atoms with Gasteiger partial charge in [-0.05, 0) is 175 Å². The van der Waals surface area contributed by atoms with Gasteiger partial charge in [-0.25, -0.2) is 0 Å². The number of amidine groups is 1. The first-order chi connectivity index (χ1) is 52.2. The Balaban J connectivity index is 0.000000364. The molecule has 0 aliphatic rings. The van der Waals surface area contributed by atoms with Gasteiger partial charge in [0, 0.05) is 16.6 Å². The van der Waals surface area contributed by atoms with Crippen molar-refractivity contribution in [2.24, 2.45) is 5.73 Å². The third kappa shape index (κ3) is 34.1. The van der Waals surface area contributed by atoms with Gasteiger partial charge >= 0.3 is 0 Å². The smallest absolute Gasteiger partial charge is 0.188 e. The number of hydrogen-bond acceptors (Lipinski definition) is 5. The van der Waals surface area contributed by atoms with E-state index in [1.54, 1.807) is 0 Å². The van der Waals surface area contributed by atoms with Gasteiger partial charge in [0.05, 0.1) is 42.8 Å². The van der Waals surface area contributed by atoms with E-state index in [1.165, 1.54) is 77.9 Å². The summed E-state index contributed by atoms with van der Waals surface area (Å²) in [5.41, 5.74) is 30.3. The van der Waals surface area contributed by atoms with E-state index >= 15 is 0 Å². The summed E-state index contributed by atoms with van der Waals surface area (Å²) in [4.78, 5) is 0. The van der Waals surface area contributed by atoms with Crippen molar-refractivity contribution in [3.05, 3.63) is 319 Å². The molecule has 0 radical (unpaired) electrons. The Hall–Kier alpha value is -7.85. The quantitative estimate of drug-likeness (QED) is 0.0536. The molecule has 0 heterocycles. The van der Waals surface area contributed by atoms with Crippen LogP contribution in [0, 0.1) is 33.5 Å². The minimum Gasteiger partial charge on any atom is -0.481 e. The van der Waals surface area contributed by atoms with E-state index in [1.807, 2.05) is 19.1 Å². The molecule has 0 amide bonds. The number of nitriles is 2. The standard InChI is InChI=1S/C25H35NO.C23H32N2.C23H29N.C12H15N.2C11H15Br.ClH/c1-8-27-23(26)22(19-11-15-21(16-12-19)25(5,6)7)17-18-9-13-20(14-10-18)24(2,3)4;1-22(2,3)18-11-7-16(8-12-18)15-20(21(24)25)17-9-13-19(14-10-17)23(4,5)6;1-22(2,3)20-11-7-17(8-12-20)15-19(16-24)18-9-13-21(14-10-18)23(4,5)6;1-12(2,3)11-6-4-10(5-7-11)8-9-13;2*1-11(2,3)10-6-4-9(8-12)5-7-10;/h9-16,22,26H,8,17H2,1-7H3;7-14,20H,15H2,1-6H3,(H3,24,25);7-14,19H,15H2,1-6H3;4-7H,8H2,1-3H3;2*4-7H,8H2,1-3H3;1H. The second-order valence-electron chi connectivity index (χ2n) is 39.6. The summed E-state index contributed by atoms with van der Waals surface area (Å²) in [5, 5.41) is 36.4. The van der Waals surface area contributed by atoms with Crippen molar-refractivity contribution in [1.82, 2.24) is 0 Å². The predicted octanol–water partition coefficient (Wildman–Crippen LogP) is 29.5. The van der Waals surface area contributed by atoms with Crippen molar-refractivity contribution < 1.29 is 4.74 Å². The number of halogens is 3. The Bertz CT molecular complexity index is 4350. The Labute approximate surface area is 716 Å². The van der Waals surface area contributed by atoms with E-state index in [0.29, 0.717) is 18.9 Å². The van der Waals surface area contributed by atoms with E-state index in [9.17, 15) is 5.26 Å². The van der Waals surface area contributed by atoms with Gasteiger partial charge in [0.15, 0.2) is 5.90 Å². The van der Waals surface area contributed by atoms with Crippen LogP contribution in [0.2, 0.25) is 0 Å². The van der Waals surface area contributed by atoms with Gasteiger partial charge in [-0.3, -0.25) is 10.8 Å². The van der Waals surface area contributed by atoms with Crippen LogP contribution in [0.5, 0.6) is 0 Å². The number of nitrogens with one attached hydrogen (secondary N) is 2. The Morgan fingerprint density at radius 2 is 0.518 bits per heavy atom.